The van der Waals surface area contributed by atoms with Gasteiger partial charge in [-0.2, -0.15) is 0 Å². The minimum atomic E-state index is -0.152. The van der Waals surface area contributed by atoms with E-state index in [1.165, 1.54) is 11.3 Å². The molecule has 1 aromatic heterocycles. The summed E-state index contributed by atoms with van der Waals surface area (Å²) in [6, 6.07) is 0. The number of thiazole rings is 1. The lowest BCUT2D eigenvalue weighted by Gasteiger charge is -2.13. The van der Waals surface area contributed by atoms with E-state index in [0.717, 1.165) is 6.54 Å². The Kier molecular flexibility index (Phi) is 3.19. The monoisotopic (exact) mass is 185 g/mol. The van der Waals surface area contributed by atoms with Gasteiger partial charge in [-0.05, 0) is 0 Å². The van der Waals surface area contributed by atoms with Gasteiger partial charge in [0.1, 0.15) is 5.69 Å². The van der Waals surface area contributed by atoms with Crippen LogP contribution in [-0.4, -0.2) is 29.5 Å². The standard InChI is InChI=1S/C7H11N3OS/c1-3-10(2)9-7(11)6-4-12-5-8-6/h4-5H,3H2,1-2H3,(H,9,11). The predicted molar refractivity (Wildman–Crippen MR) is 47.9 cm³/mol. The molecular weight excluding hydrogens is 174 g/mol. The zero-order valence-corrected chi connectivity index (χ0v) is 7.89. The number of rotatable bonds is 3. The van der Waals surface area contributed by atoms with Gasteiger partial charge >= 0.3 is 0 Å². The van der Waals surface area contributed by atoms with Gasteiger partial charge < -0.3 is 0 Å². The van der Waals surface area contributed by atoms with Crippen LogP contribution in [0.2, 0.25) is 0 Å². The van der Waals surface area contributed by atoms with Crippen molar-refractivity contribution in [3.8, 4) is 0 Å². The molecular formula is C7H11N3OS. The Bertz CT molecular complexity index is 247. The molecule has 1 heterocycles. The molecule has 0 saturated heterocycles. The number of carbonyl (C=O) groups excluding carboxylic acids is 1. The second-order valence-corrected chi connectivity index (χ2v) is 3.05. The first kappa shape index (κ1) is 9.15. The Balaban J connectivity index is 2.50. The molecule has 4 nitrogen and oxygen atoms in total. The number of amides is 1. The van der Waals surface area contributed by atoms with Crippen molar-refractivity contribution in [2.75, 3.05) is 13.6 Å². The van der Waals surface area contributed by atoms with Gasteiger partial charge in [0.25, 0.3) is 5.91 Å². The Hall–Kier alpha value is -0.940. The predicted octanol–water partition coefficient (Wildman–Crippen LogP) is 0.740. The molecule has 66 valence electrons. The molecule has 0 spiro atoms. The van der Waals surface area contributed by atoms with Crippen LogP contribution in [0.25, 0.3) is 0 Å². The van der Waals surface area contributed by atoms with Crippen molar-refractivity contribution >= 4 is 17.2 Å². The second kappa shape index (κ2) is 4.18. The summed E-state index contributed by atoms with van der Waals surface area (Å²) in [5.74, 6) is -0.152. The number of nitrogens with one attached hydrogen (secondary N) is 1. The van der Waals surface area contributed by atoms with Gasteiger partial charge in [0, 0.05) is 19.0 Å². The van der Waals surface area contributed by atoms with E-state index in [1.807, 2.05) is 14.0 Å². The Morgan fingerprint density at radius 1 is 1.83 bits per heavy atom. The normalized spacial score (nSPS) is 10.2. The third-order valence-corrected chi connectivity index (χ3v) is 2.02. The first-order chi connectivity index (χ1) is 5.74. The summed E-state index contributed by atoms with van der Waals surface area (Å²) >= 11 is 1.41. The first-order valence-electron chi connectivity index (χ1n) is 3.64. The highest BCUT2D eigenvalue weighted by Crippen LogP contribution is 1.99. The van der Waals surface area contributed by atoms with Crippen LogP contribution in [-0.2, 0) is 0 Å². The average molecular weight is 185 g/mol. The maximum absolute atomic E-state index is 11.3. The number of hydrazine groups is 1. The van der Waals surface area contributed by atoms with Gasteiger partial charge in [0.15, 0.2) is 0 Å². The lowest BCUT2D eigenvalue weighted by atomic mass is 10.5. The van der Waals surface area contributed by atoms with E-state index in [1.54, 1.807) is 15.9 Å². The third-order valence-electron chi connectivity index (χ3n) is 1.43. The Morgan fingerprint density at radius 3 is 3.08 bits per heavy atom. The molecule has 1 N–H and O–H groups in total. The van der Waals surface area contributed by atoms with Gasteiger partial charge in [-0.3, -0.25) is 10.2 Å². The number of hydrogen-bond acceptors (Lipinski definition) is 4. The molecule has 0 atom stereocenters. The number of carbonyl (C=O) groups is 1. The molecule has 1 aromatic rings. The maximum atomic E-state index is 11.3. The van der Waals surface area contributed by atoms with Crippen LogP contribution in [0.5, 0.6) is 0 Å². The molecule has 0 fully saturated rings. The number of hydrogen-bond donors (Lipinski definition) is 1. The fourth-order valence-corrected chi connectivity index (χ4v) is 1.17. The zero-order chi connectivity index (χ0) is 8.97. The van der Waals surface area contributed by atoms with E-state index >= 15 is 0 Å². The van der Waals surface area contributed by atoms with Crippen LogP contribution in [0.3, 0.4) is 0 Å². The third kappa shape index (κ3) is 2.28. The summed E-state index contributed by atoms with van der Waals surface area (Å²) in [5, 5.41) is 3.43. The summed E-state index contributed by atoms with van der Waals surface area (Å²) in [7, 11) is 1.81. The summed E-state index contributed by atoms with van der Waals surface area (Å²) in [6.07, 6.45) is 0. The largest absolute Gasteiger partial charge is 0.285 e. The number of nitrogens with zero attached hydrogens (tertiary/aromatic N) is 2. The second-order valence-electron chi connectivity index (χ2n) is 2.33. The summed E-state index contributed by atoms with van der Waals surface area (Å²) in [4.78, 5) is 15.1. The molecule has 0 bridgehead atoms. The van der Waals surface area contributed by atoms with E-state index in [2.05, 4.69) is 10.4 Å². The van der Waals surface area contributed by atoms with Gasteiger partial charge in [-0.1, -0.05) is 6.92 Å². The SMILES string of the molecule is CCN(C)NC(=O)c1cscn1. The molecule has 0 aliphatic heterocycles. The maximum Gasteiger partial charge on any atom is 0.285 e. The van der Waals surface area contributed by atoms with Crippen LogP contribution >= 0.6 is 11.3 Å². The molecule has 0 radical (unpaired) electrons. The van der Waals surface area contributed by atoms with Gasteiger partial charge in [-0.25, -0.2) is 9.99 Å². The minimum Gasteiger partial charge on any atom is -0.284 e. The van der Waals surface area contributed by atoms with Crippen molar-refractivity contribution in [1.29, 1.82) is 0 Å². The lowest BCUT2D eigenvalue weighted by molar-refractivity contribution is 0.0830. The van der Waals surface area contributed by atoms with E-state index in [4.69, 9.17) is 0 Å². The van der Waals surface area contributed by atoms with Gasteiger partial charge in [0.2, 0.25) is 0 Å². The smallest absolute Gasteiger partial charge is 0.284 e. The molecule has 0 aromatic carbocycles. The first-order valence-corrected chi connectivity index (χ1v) is 4.58. The van der Waals surface area contributed by atoms with Crippen LogP contribution < -0.4 is 5.43 Å². The highest BCUT2D eigenvalue weighted by molar-refractivity contribution is 7.07. The van der Waals surface area contributed by atoms with E-state index in [0.29, 0.717) is 5.69 Å². The summed E-state index contributed by atoms with van der Waals surface area (Å²) in [6.45, 7) is 2.73. The Morgan fingerprint density at radius 2 is 2.58 bits per heavy atom. The van der Waals surface area contributed by atoms with Crippen LogP contribution in [0.15, 0.2) is 10.9 Å². The van der Waals surface area contributed by atoms with E-state index in [9.17, 15) is 4.79 Å². The molecule has 1 rings (SSSR count). The van der Waals surface area contributed by atoms with Gasteiger partial charge in [-0.15, -0.1) is 11.3 Å². The molecule has 0 saturated carbocycles. The van der Waals surface area contributed by atoms with Crippen molar-refractivity contribution in [3.63, 3.8) is 0 Å². The van der Waals surface area contributed by atoms with Crippen molar-refractivity contribution in [2.24, 2.45) is 0 Å². The molecule has 5 heteroatoms. The zero-order valence-electron chi connectivity index (χ0n) is 7.07. The van der Waals surface area contributed by atoms with Crippen LogP contribution in [0.1, 0.15) is 17.4 Å². The van der Waals surface area contributed by atoms with E-state index in [-0.39, 0.29) is 5.91 Å². The van der Waals surface area contributed by atoms with E-state index < -0.39 is 0 Å². The Labute approximate surface area is 75.2 Å². The molecule has 0 aliphatic carbocycles. The highest BCUT2D eigenvalue weighted by atomic mass is 32.1. The van der Waals surface area contributed by atoms with Crippen molar-refractivity contribution in [3.05, 3.63) is 16.6 Å². The minimum absolute atomic E-state index is 0.152. The molecule has 12 heavy (non-hydrogen) atoms. The number of aromatic nitrogens is 1. The van der Waals surface area contributed by atoms with Gasteiger partial charge in [0.05, 0.1) is 5.51 Å². The quantitative estimate of drug-likeness (QED) is 0.706. The topological polar surface area (TPSA) is 45.2 Å². The van der Waals surface area contributed by atoms with Crippen molar-refractivity contribution in [1.82, 2.24) is 15.4 Å². The fourth-order valence-electron chi connectivity index (χ4n) is 0.634. The lowest BCUT2D eigenvalue weighted by Crippen LogP contribution is -2.39. The molecule has 0 unspecified atom stereocenters. The summed E-state index contributed by atoms with van der Waals surface area (Å²) < 4.78 is 0. The van der Waals surface area contributed by atoms with Crippen LogP contribution in [0, 0.1) is 0 Å². The molecule has 0 aliphatic rings. The molecule has 1 amide bonds. The fraction of sp³-hybridized carbons (Fsp3) is 0.429. The highest BCUT2D eigenvalue weighted by Gasteiger charge is 2.07. The van der Waals surface area contributed by atoms with Crippen LogP contribution in [0.4, 0.5) is 0 Å². The summed E-state index contributed by atoms with van der Waals surface area (Å²) in [5.41, 5.74) is 4.78. The van der Waals surface area contributed by atoms with Crippen molar-refractivity contribution < 1.29 is 4.79 Å². The average Bonchev–Trinajstić information content (AvgIpc) is 2.56. The van der Waals surface area contributed by atoms with Crippen molar-refractivity contribution in [2.45, 2.75) is 6.92 Å².